The lowest BCUT2D eigenvalue weighted by atomic mass is 10.2. The lowest BCUT2D eigenvalue weighted by Gasteiger charge is -2.37. The highest BCUT2D eigenvalue weighted by Gasteiger charge is 2.32. The summed E-state index contributed by atoms with van der Waals surface area (Å²) < 4.78 is 29.0. The van der Waals surface area contributed by atoms with Gasteiger partial charge in [0.1, 0.15) is 15.7 Å². The van der Waals surface area contributed by atoms with E-state index in [1.165, 1.54) is 6.07 Å². The van der Waals surface area contributed by atoms with Crippen molar-refractivity contribution >= 4 is 54.8 Å². The molecule has 1 fully saturated rings. The van der Waals surface area contributed by atoms with Crippen molar-refractivity contribution in [1.29, 1.82) is 0 Å². The van der Waals surface area contributed by atoms with Crippen molar-refractivity contribution in [2.24, 2.45) is 0 Å². The normalized spacial score (nSPS) is 14.6. The molecule has 2 aromatic carbocycles. The lowest BCUT2D eigenvalue weighted by Crippen LogP contribution is -2.46. The van der Waals surface area contributed by atoms with E-state index in [4.69, 9.17) is 11.6 Å². The third-order valence-electron chi connectivity index (χ3n) is 6.57. The van der Waals surface area contributed by atoms with Gasteiger partial charge in [-0.15, -0.1) is 0 Å². The molecule has 0 aliphatic carbocycles. The molecule has 4 heterocycles. The fraction of sp³-hybridized carbons (Fsp3) is 0.154. The third-order valence-corrected chi connectivity index (χ3v) is 8.51. The molecular weight excluding hydrogens is 498 g/mol. The molecule has 1 N–H and O–H groups in total. The Labute approximate surface area is 213 Å². The van der Waals surface area contributed by atoms with Gasteiger partial charge in [0, 0.05) is 55.0 Å². The van der Waals surface area contributed by atoms with Crippen LogP contribution in [0.15, 0.2) is 84.0 Å². The van der Waals surface area contributed by atoms with Crippen LogP contribution in [-0.4, -0.2) is 53.6 Å². The molecule has 10 heteroatoms. The van der Waals surface area contributed by atoms with Crippen molar-refractivity contribution in [3.8, 4) is 5.88 Å². The minimum atomic E-state index is -4.15. The van der Waals surface area contributed by atoms with Gasteiger partial charge in [-0.05, 0) is 30.3 Å². The predicted molar refractivity (Wildman–Crippen MR) is 142 cm³/mol. The van der Waals surface area contributed by atoms with Gasteiger partial charge in [-0.3, -0.25) is 4.98 Å². The predicted octanol–water partition coefficient (Wildman–Crippen LogP) is 4.51. The van der Waals surface area contributed by atoms with Crippen molar-refractivity contribution < 1.29 is 13.5 Å². The number of benzene rings is 2. The zero-order valence-electron chi connectivity index (χ0n) is 19.1. The van der Waals surface area contributed by atoms with Crippen LogP contribution in [0.3, 0.4) is 0 Å². The van der Waals surface area contributed by atoms with Gasteiger partial charge in [-0.2, -0.15) is 0 Å². The summed E-state index contributed by atoms with van der Waals surface area (Å²) in [6.45, 7) is 2.55. The van der Waals surface area contributed by atoms with Crippen LogP contribution in [0.4, 0.5) is 11.4 Å². The number of fused-ring (bicyclic) bond motifs is 2. The number of para-hydroxylation sites is 2. The zero-order valence-corrected chi connectivity index (χ0v) is 20.7. The van der Waals surface area contributed by atoms with E-state index in [-0.39, 0.29) is 10.8 Å². The number of piperazine rings is 1. The Hall–Kier alpha value is -3.82. The van der Waals surface area contributed by atoms with Gasteiger partial charge in [-0.25, -0.2) is 17.4 Å². The molecule has 1 aliphatic rings. The molecule has 0 bridgehead atoms. The molecule has 5 aromatic rings. The van der Waals surface area contributed by atoms with Crippen molar-refractivity contribution in [2.45, 2.75) is 4.90 Å². The maximum Gasteiger partial charge on any atom is 0.273 e. The minimum Gasteiger partial charge on any atom is -0.492 e. The first-order valence-corrected chi connectivity index (χ1v) is 13.3. The van der Waals surface area contributed by atoms with Crippen molar-refractivity contribution in [3.05, 3.63) is 84.3 Å². The number of aromatic nitrogens is 3. The number of aromatic hydroxyl groups is 1. The second-order valence-electron chi connectivity index (χ2n) is 8.60. The number of hydrogen-bond donors (Lipinski definition) is 1. The molecule has 3 aromatic heterocycles. The Morgan fingerprint density at radius 1 is 0.833 bits per heavy atom. The number of hydrogen-bond acceptors (Lipinski definition) is 7. The summed E-state index contributed by atoms with van der Waals surface area (Å²) >= 11 is 6.06. The Bertz CT molecular complexity index is 1710. The molecule has 1 aliphatic heterocycles. The maximum absolute atomic E-state index is 14.0. The van der Waals surface area contributed by atoms with Crippen molar-refractivity contribution in [2.75, 3.05) is 36.0 Å². The van der Waals surface area contributed by atoms with Crippen LogP contribution in [0.25, 0.3) is 21.8 Å². The van der Waals surface area contributed by atoms with Gasteiger partial charge in [0.2, 0.25) is 5.88 Å². The summed E-state index contributed by atoms with van der Waals surface area (Å²) in [6, 6.07) is 19.5. The average Bonchev–Trinajstić information content (AvgIpc) is 3.20. The molecule has 0 saturated carbocycles. The van der Waals surface area contributed by atoms with Crippen LogP contribution in [0.5, 0.6) is 5.88 Å². The van der Waals surface area contributed by atoms with Crippen molar-refractivity contribution in [1.82, 2.24) is 13.9 Å². The van der Waals surface area contributed by atoms with Crippen LogP contribution in [0.1, 0.15) is 0 Å². The van der Waals surface area contributed by atoms with E-state index in [2.05, 4.69) is 14.9 Å². The average molecular weight is 520 g/mol. The number of nitrogens with zero attached hydrogens (tertiary/aromatic N) is 5. The molecule has 0 spiro atoms. The molecule has 0 amide bonds. The Morgan fingerprint density at radius 3 is 2.39 bits per heavy atom. The topological polar surface area (TPSA) is 91.6 Å². The quantitative estimate of drug-likeness (QED) is 0.349. The first-order chi connectivity index (χ1) is 17.4. The molecular formula is C26H22ClN5O3S. The van der Waals surface area contributed by atoms with E-state index in [1.807, 2.05) is 41.3 Å². The van der Waals surface area contributed by atoms with E-state index in [0.29, 0.717) is 58.8 Å². The summed E-state index contributed by atoms with van der Waals surface area (Å²) in [5.41, 5.74) is 2.27. The van der Waals surface area contributed by atoms with Gasteiger partial charge in [-0.1, -0.05) is 48.0 Å². The highest BCUT2D eigenvalue weighted by Crippen LogP contribution is 2.42. The first-order valence-electron chi connectivity index (χ1n) is 11.5. The van der Waals surface area contributed by atoms with Crippen molar-refractivity contribution in [3.63, 3.8) is 0 Å². The van der Waals surface area contributed by atoms with E-state index in [0.717, 1.165) is 9.66 Å². The van der Waals surface area contributed by atoms with E-state index >= 15 is 0 Å². The number of anilines is 2. The third kappa shape index (κ3) is 3.63. The summed E-state index contributed by atoms with van der Waals surface area (Å²) in [4.78, 5) is 12.6. The first kappa shape index (κ1) is 22.6. The molecule has 0 unspecified atom stereocenters. The van der Waals surface area contributed by atoms with E-state index < -0.39 is 10.0 Å². The number of pyridine rings is 2. The van der Waals surface area contributed by atoms with Crippen LogP contribution >= 0.6 is 11.6 Å². The van der Waals surface area contributed by atoms with Gasteiger partial charge in [0.25, 0.3) is 10.0 Å². The summed E-state index contributed by atoms with van der Waals surface area (Å²) in [7, 11) is -4.15. The highest BCUT2D eigenvalue weighted by atomic mass is 35.5. The summed E-state index contributed by atoms with van der Waals surface area (Å²) in [5.74, 6) is -0.301. The Kier molecular flexibility index (Phi) is 5.46. The molecule has 182 valence electrons. The monoisotopic (exact) mass is 519 g/mol. The largest absolute Gasteiger partial charge is 0.492 e. The Morgan fingerprint density at radius 2 is 1.58 bits per heavy atom. The smallest absolute Gasteiger partial charge is 0.273 e. The van der Waals surface area contributed by atoms with Gasteiger partial charge in [0.15, 0.2) is 0 Å². The zero-order chi connectivity index (χ0) is 24.9. The molecule has 0 atom stereocenters. The lowest BCUT2D eigenvalue weighted by molar-refractivity contribution is 0.445. The van der Waals surface area contributed by atoms with E-state index in [9.17, 15) is 13.5 Å². The van der Waals surface area contributed by atoms with Gasteiger partial charge < -0.3 is 14.9 Å². The highest BCUT2D eigenvalue weighted by molar-refractivity contribution is 7.90. The van der Waals surface area contributed by atoms with E-state index in [1.54, 1.807) is 36.7 Å². The van der Waals surface area contributed by atoms with Gasteiger partial charge >= 0.3 is 0 Å². The summed E-state index contributed by atoms with van der Waals surface area (Å²) in [5, 5.41) is 13.3. The fourth-order valence-electron chi connectivity index (χ4n) is 4.90. The minimum absolute atomic E-state index is 0.0441. The maximum atomic E-state index is 14.0. The van der Waals surface area contributed by atoms with Crippen LogP contribution < -0.4 is 9.80 Å². The SMILES string of the molecule is O=S(=O)(c1cccc2cccnc12)n1c(O)c(N2CCN(c3ccnc(Cl)c3)CC2)c2ccccc21. The van der Waals surface area contributed by atoms with Crippen LogP contribution in [0, 0.1) is 0 Å². The summed E-state index contributed by atoms with van der Waals surface area (Å²) in [6.07, 6.45) is 3.24. The van der Waals surface area contributed by atoms with Crippen LogP contribution in [0.2, 0.25) is 5.15 Å². The second kappa shape index (κ2) is 8.69. The molecule has 36 heavy (non-hydrogen) atoms. The fourth-order valence-corrected chi connectivity index (χ4v) is 6.66. The molecule has 0 radical (unpaired) electrons. The second-order valence-corrected chi connectivity index (χ2v) is 10.7. The molecule has 1 saturated heterocycles. The Balaban J connectivity index is 1.43. The standard InChI is InChI=1S/C26H22ClN5O3S/c27-23-17-19(10-12-28-23)30-13-15-31(16-14-30)25-20-7-1-2-8-21(20)32(26(25)33)36(34,35)22-9-3-5-18-6-4-11-29-24(18)22/h1-12,17,33H,13-16H2. The number of halogens is 1. The van der Waals surface area contributed by atoms with Crippen LogP contribution in [-0.2, 0) is 10.0 Å². The molecule has 8 nitrogen and oxygen atoms in total. The van der Waals surface area contributed by atoms with Gasteiger partial charge in [0.05, 0.1) is 11.0 Å². The number of rotatable bonds is 4. The molecule has 6 rings (SSSR count).